The van der Waals surface area contributed by atoms with E-state index >= 15 is 0 Å². The van der Waals surface area contributed by atoms with E-state index in [1.165, 1.54) is 37.6 Å². The molecular weight excluding hydrogens is 568 g/mol. The third-order valence-electron chi connectivity index (χ3n) is 7.89. The fourth-order valence-electron chi connectivity index (χ4n) is 5.55. The van der Waals surface area contributed by atoms with Crippen LogP contribution in [-0.2, 0) is 26.4 Å². The number of ether oxygens (including phenoxy) is 2. The summed E-state index contributed by atoms with van der Waals surface area (Å²) in [6, 6.07) is 9.91. The fraction of sp³-hybridized carbons (Fsp3) is 0.500. The summed E-state index contributed by atoms with van der Waals surface area (Å²) >= 11 is 1.26. The van der Waals surface area contributed by atoms with Gasteiger partial charge < -0.3 is 19.6 Å². The number of thiophene rings is 1. The Morgan fingerprint density at radius 1 is 1.12 bits per heavy atom. The van der Waals surface area contributed by atoms with Crippen molar-refractivity contribution in [2.24, 2.45) is 5.73 Å². The summed E-state index contributed by atoms with van der Waals surface area (Å²) in [4.78, 5) is 47.5. The number of esters is 1. The molecule has 11 heteroatoms. The number of hydrogen-bond acceptors (Lipinski definition) is 9. The summed E-state index contributed by atoms with van der Waals surface area (Å²) in [5.41, 5.74) is 4.07. The van der Waals surface area contributed by atoms with Crippen LogP contribution < -0.4 is 17.0 Å². The van der Waals surface area contributed by atoms with Crippen LogP contribution in [0, 0.1) is 6.92 Å². The van der Waals surface area contributed by atoms with Crippen molar-refractivity contribution in [3.63, 3.8) is 0 Å². The van der Waals surface area contributed by atoms with Crippen molar-refractivity contribution in [2.75, 3.05) is 0 Å². The van der Waals surface area contributed by atoms with Crippen molar-refractivity contribution >= 4 is 27.5 Å². The highest BCUT2D eigenvalue weighted by Gasteiger charge is 2.39. The van der Waals surface area contributed by atoms with E-state index in [-0.39, 0.29) is 18.7 Å². The molecule has 0 aliphatic heterocycles. The van der Waals surface area contributed by atoms with Crippen molar-refractivity contribution in [3.8, 4) is 10.8 Å². The lowest BCUT2D eigenvalue weighted by atomic mass is 9.93. The number of carbonyl (C=O) groups is 1. The second kappa shape index (κ2) is 11.9. The standard InChI is InChI=1S/C32H40N4O6S/c1-19-24-27(37)36(32(5,6)29(38)42-31(2,3)4)30(39)35(28(24)43-25(19)26-34-16-17-40-26)18-23(20-10-8-7-9-11-20)41-22-14-12-21(33)13-15-22/h7-11,16-17,21-23H,12-15,18,33H2,1-6H3. The number of rotatable bonds is 8. The third kappa shape index (κ3) is 6.25. The Labute approximate surface area is 254 Å². The van der Waals surface area contributed by atoms with E-state index in [4.69, 9.17) is 19.6 Å². The van der Waals surface area contributed by atoms with Gasteiger partial charge in [-0.15, -0.1) is 11.3 Å². The van der Waals surface area contributed by atoms with E-state index in [0.29, 0.717) is 26.5 Å². The van der Waals surface area contributed by atoms with Gasteiger partial charge in [0, 0.05) is 6.04 Å². The molecule has 1 unspecified atom stereocenters. The first kappa shape index (κ1) is 30.9. The lowest BCUT2D eigenvalue weighted by molar-refractivity contribution is -0.164. The number of hydrogen-bond donors (Lipinski definition) is 1. The van der Waals surface area contributed by atoms with Gasteiger partial charge in [0.1, 0.15) is 28.3 Å². The first-order valence-electron chi connectivity index (χ1n) is 14.7. The number of oxazole rings is 1. The van der Waals surface area contributed by atoms with E-state index in [1.807, 2.05) is 30.3 Å². The van der Waals surface area contributed by atoms with Gasteiger partial charge in [-0.2, -0.15) is 0 Å². The molecule has 1 saturated carbocycles. The summed E-state index contributed by atoms with van der Waals surface area (Å²) in [6.45, 7) is 10.2. The van der Waals surface area contributed by atoms with Gasteiger partial charge >= 0.3 is 11.7 Å². The zero-order valence-corrected chi connectivity index (χ0v) is 26.4. The molecule has 1 atom stereocenters. The van der Waals surface area contributed by atoms with Crippen LogP contribution >= 0.6 is 11.3 Å². The molecule has 43 heavy (non-hydrogen) atoms. The van der Waals surface area contributed by atoms with Crippen molar-refractivity contribution in [2.45, 2.75) is 103 Å². The number of carbonyl (C=O) groups excluding carboxylic acids is 1. The molecule has 10 nitrogen and oxygen atoms in total. The number of benzene rings is 1. The van der Waals surface area contributed by atoms with Crippen LogP contribution in [-0.4, -0.2) is 37.8 Å². The van der Waals surface area contributed by atoms with Crippen molar-refractivity contribution in [1.29, 1.82) is 0 Å². The first-order chi connectivity index (χ1) is 20.3. The van der Waals surface area contributed by atoms with Crippen LogP contribution in [0.5, 0.6) is 0 Å². The lowest BCUT2D eigenvalue weighted by Gasteiger charge is -2.32. The predicted molar refractivity (Wildman–Crippen MR) is 166 cm³/mol. The molecule has 1 fully saturated rings. The van der Waals surface area contributed by atoms with Crippen LogP contribution in [0.25, 0.3) is 21.0 Å². The molecule has 0 bridgehead atoms. The van der Waals surface area contributed by atoms with E-state index in [9.17, 15) is 14.4 Å². The number of aromatic nitrogens is 3. The SMILES string of the molecule is Cc1c(-c2ncco2)sc2c1c(=O)n(C(C)(C)C(=O)OC(C)(C)C)c(=O)n2CC(OC1CCC(N)CC1)c1ccccc1. The molecule has 0 spiro atoms. The summed E-state index contributed by atoms with van der Waals surface area (Å²) in [5, 5.41) is 0.324. The first-order valence-corrected chi connectivity index (χ1v) is 15.5. The Bertz CT molecular complexity index is 1700. The van der Waals surface area contributed by atoms with Gasteiger partial charge in [-0.05, 0) is 78.4 Å². The van der Waals surface area contributed by atoms with Gasteiger partial charge in [-0.1, -0.05) is 30.3 Å². The van der Waals surface area contributed by atoms with Gasteiger partial charge in [0.25, 0.3) is 5.56 Å². The summed E-state index contributed by atoms with van der Waals surface area (Å²) in [6.07, 6.45) is 5.87. The molecule has 1 aliphatic carbocycles. The molecular formula is C32H40N4O6S. The molecule has 0 amide bonds. The Hall–Kier alpha value is -3.54. The molecule has 0 saturated heterocycles. The number of fused-ring (bicyclic) bond motifs is 1. The second-order valence-electron chi connectivity index (χ2n) is 12.7. The minimum Gasteiger partial charge on any atom is -0.458 e. The monoisotopic (exact) mass is 608 g/mol. The normalized spacial score (nSPS) is 18.6. The van der Waals surface area contributed by atoms with Gasteiger partial charge in [-0.3, -0.25) is 9.36 Å². The van der Waals surface area contributed by atoms with Crippen LogP contribution in [0.3, 0.4) is 0 Å². The Morgan fingerprint density at radius 2 is 1.79 bits per heavy atom. The maximum absolute atomic E-state index is 14.4. The van der Waals surface area contributed by atoms with E-state index in [2.05, 4.69) is 4.98 Å². The number of nitrogens with two attached hydrogens (primary N) is 1. The Kier molecular flexibility index (Phi) is 8.52. The highest BCUT2D eigenvalue weighted by molar-refractivity contribution is 7.22. The van der Waals surface area contributed by atoms with Crippen molar-refractivity contribution < 1.29 is 18.7 Å². The highest BCUT2D eigenvalue weighted by atomic mass is 32.1. The molecule has 1 aromatic carbocycles. The van der Waals surface area contributed by atoms with Gasteiger partial charge in [0.15, 0.2) is 0 Å². The molecule has 1 aliphatic rings. The molecule has 5 rings (SSSR count). The minimum atomic E-state index is -1.60. The highest BCUT2D eigenvalue weighted by Crippen LogP contribution is 2.37. The number of nitrogens with zero attached hydrogens (tertiary/aromatic N) is 3. The van der Waals surface area contributed by atoms with E-state index in [1.54, 1.807) is 32.3 Å². The average Bonchev–Trinajstić information content (AvgIpc) is 3.59. The maximum atomic E-state index is 14.4. The van der Waals surface area contributed by atoms with Gasteiger partial charge in [0.05, 0.1) is 29.1 Å². The van der Waals surface area contributed by atoms with Crippen LogP contribution in [0.15, 0.2) is 56.8 Å². The Morgan fingerprint density at radius 3 is 2.40 bits per heavy atom. The fourth-order valence-corrected chi connectivity index (χ4v) is 6.79. The molecule has 230 valence electrons. The van der Waals surface area contributed by atoms with Crippen LogP contribution in [0.2, 0.25) is 0 Å². The Balaban J connectivity index is 1.71. The minimum absolute atomic E-state index is 0.0201. The maximum Gasteiger partial charge on any atom is 0.333 e. The van der Waals surface area contributed by atoms with Crippen molar-refractivity contribution in [3.05, 3.63) is 74.8 Å². The molecule has 4 aromatic rings. The summed E-state index contributed by atoms with van der Waals surface area (Å²) in [5.74, 6) is -0.329. The van der Waals surface area contributed by atoms with Gasteiger partial charge in [0.2, 0.25) is 5.89 Å². The summed E-state index contributed by atoms with van der Waals surface area (Å²) in [7, 11) is 0. The lowest BCUT2D eigenvalue weighted by Crippen LogP contribution is -2.54. The summed E-state index contributed by atoms with van der Waals surface area (Å²) < 4.78 is 20.5. The molecule has 0 radical (unpaired) electrons. The average molecular weight is 609 g/mol. The topological polar surface area (TPSA) is 132 Å². The second-order valence-corrected chi connectivity index (χ2v) is 13.7. The zero-order chi connectivity index (χ0) is 31.1. The number of aryl methyl sites for hydroxylation is 1. The quantitative estimate of drug-likeness (QED) is 0.267. The molecule has 2 N–H and O–H groups in total. The van der Waals surface area contributed by atoms with Crippen LogP contribution in [0.4, 0.5) is 0 Å². The zero-order valence-electron chi connectivity index (χ0n) is 25.6. The third-order valence-corrected chi connectivity index (χ3v) is 9.19. The molecule has 3 heterocycles. The molecule has 3 aromatic heterocycles. The van der Waals surface area contributed by atoms with E-state index < -0.39 is 34.5 Å². The largest absolute Gasteiger partial charge is 0.458 e. The van der Waals surface area contributed by atoms with Gasteiger partial charge in [-0.25, -0.2) is 19.1 Å². The smallest absolute Gasteiger partial charge is 0.333 e. The van der Waals surface area contributed by atoms with Crippen LogP contribution in [0.1, 0.15) is 77.5 Å². The van der Waals surface area contributed by atoms with E-state index in [0.717, 1.165) is 35.8 Å². The predicted octanol–water partition coefficient (Wildman–Crippen LogP) is 5.29. The van der Waals surface area contributed by atoms with Crippen molar-refractivity contribution in [1.82, 2.24) is 14.1 Å².